The number of benzene rings is 2. The lowest BCUT2D eigenvalue weighted by Crippen LogP contribution is -2.56. The number of anilines is 1. The maximum atomic E-state index is 14.6. The van der Waals surface area contributed by atoms with Crippen LogP contribution in [0.2, 0.25) is 0 Å². The quantitative estimate of drug-likeness (QED) is 0.206. The fourth-order valence-electron chi connectivity index (χ4n) is 7.48. The number of allylic oxidation sites excluding steroid dienone is 1. The van der Waals surface area contributed by atoms with Crippen molar-refractivity contribution in [1.82, 2.24) is 10.2 Å². The van der Waals surface area contributed by atoms with Crippen LogP contribution in [0.25, 0.3) is 0 Å². The largest absolute Gasteiger partial charge is 0.497 e. The molecule has 11 nitrogen and oxygen atoms in total. The Bertz CT molecular complexity index is 1500. The molecule has 2 N–H and O–H groups in total. The molecule has 256 valence electrons. The predicted octanol–water partition coefficient (Wildman–Crippen LogP) is 3.73. The molecule has 3 heterocycles. The first-order valence-corrected chi connectivity index (χ1v) is 16.5. The number of hydrogen-bond acceptors (Lipinski definition) is 8. The highest BCUT2D eigenvalue weighted by Gasteiger charge is 2.75. The molecule has 1 spiro atoms. The number of amides is 3. The molecule has 2 bridgehead atoms. The van der Waals surface area contributed by atoms with Gasteiger partial charge in [-0.25, -0.2) is 0 Å². The van der Waals surface area contributed by atoms with Crippen LogP contribution in [0.3, 0.4) is 0 Å². The molecule has 3 saturated heterocycles. The minimum absolute atomic E-state index is 0.116. The van der Waals surface area contributed by atoms with E-state index in [2.05, 4.69) is 18.5 Å². The Hall–Kier alpha value is -4.48. The topological polar surface area (TPSA) is 135 Å². The molecule has 3 fully saturated rings. The number of aliphatic hydroxyl groups is 1. The average molecular weight is 660 g/mol. The molecule has 0 aromatic heterocycles. The maximum absolute atomic E-state index is 14.6. The van der Waals surface area contributed by atoms with Gasteiger partial charge >= 0.3 is 5.97 Å². The summed E-state index contributed by atoms with van der Waals surface area (Å²) in [5, 5.41) is 12.6. The second-order valence-corrected chi connectivity index (χ2v) is 12.6. The first-order chi connectivity index (χ1) is 23.2. The lowest BCUT2D eigenvalue weighted by Gasteiger charge is -2.36. The van der Waals surface area contributed by atoms with E-state index >= 15 is 0 Å². The number of fused-ring (bicyclic) bond motifs is 1. The van der Waals surface area contributed by atoms with E-state index in [0.29, 0.717) is 36.3 Å². The van der Waals surface area contributed by atoms with E-state index in [0.717, 1.165) is 0 Å². The zero-order valence-electron chi connectivity index (χ0n) is 27.6. The first-order valence-electron chi connectivity index (χ1n) is 16.5. The van der Waals surface area contributed by atoms with Crippen molar-refractivity contribution >= 4 is 29.4 Å². The summed E-state index contributed by atoms with van der Waals surface area (Å²) in [6.07, 6.45) is 3.71. The van der Waals surface area contributed by atoms with Gasteiger partial charge in [0.1, 0.15) is 23.5 Å². The monoisotopic (exact) mass is 659 g/mol. The predicted molar refractivity (Wildman–Crippen MR) is 179 cm³/mol. The van der Waals surface area contributed by atoms with Crippen molar-refractivity contribution in [3.63, 3.8) is 0 Å². The van der Waals surface area contributed by atoms with Gasteiger partial charge in [-0.3, -0.25) is 19.2 Å². The smallest absolute Gasteiger partial charge is 0.313 e. The summed E-state index contributed by atoms with van der Waals surface area (Å²) in [7, 11) is 1.56. The van der Waals surface area contributed by atoms with E-state index in [-0.39, 0.29) is 50.3 Å². The third-order valence-electron chi connectivity index (χ3n) is 9.61. The molecular formula is C37H45N3O8. The highest BCUT2D eigenvalue weighted by atomic mass is 16.6. The molecule has 3 aliphatic heterocycles. The molecule has 0 aliphatic carbocycles. The molecule has 3 aliphatic rings. The van der Waals surface area contributed by atoms with Crippen LogP contribution in [0.15, 0.2) is 79.9 Å². The van der Waals surface area contributed by atoms with Gasteiger partial charge in [0, 0.05) is 31.8 Å². The normalized spacial score (nSPS) is 25.1. The Morgan fingerprint density at radius 2 is 1.88 bits per heavy atom. The molecular weight excluding hydrogens is 614 g/mol. The Morgan fingerprint density at radius 3 is 2.52 bits per heavy atom. The second-order valence-electron chi connectivity index (χ2n) is 12.6. The number of esters is 1. The molecule has 0 unspecified atom stereocenters. The van der Waals surface area contributed by atoms with E-state index in [4.69, 9.17) is 14.2 Å². The van der Waals surface area contributed by atoms with Crippen LogP contribution < -0.4 is 15.0 Å². The molecule has 0 radical (unpaired) electrons. The Labute approximate surface area is 281 Å². The number of carbonyl (C=O) groups is 4. The summed E-state index contributed by atoms with van der Waals surface area (Å²) < 4.78 is 18.1. The Balaban J connectivity index is 1.46. The van der Waals surface area contributed by atoms with Gasteiger partial charge < -0.3 is 34.4 Å². The van der Waals surface area contributed by atoms with Gasteiger partial charge in [-0.2, -0.15) is 0 Å². The van der Waals surface area contributed by atoms with Crippen LogP contribution in [0.4, 0.5) is 5.69 Å². The summed E-state index contributed by atoms with van der Waals surface area (Å²) in [5.74, 6) is -2.83. The highest BCUT2D eigenvalue weighted by Crippen LogP contribution is 2.59. The fraction of sp³-hybridized carbons (Fsp3) is 0.459. The summed E-state index contributed by atoms with van der Waals surface area (Å²) in [5.41, 5.74) is 0.0286. The molecule has 48 heavy (non-hydrogen) atoms. The van der Waals surface area contributed by atoms with Crippen molar-refractivity contribution in [3.05, 3.63) is 85.5 Å². The van der Waals surface area contributed by atoms with Crippen molar-refractivity contribution in [2.24, 2.45) is 11.8 Å². The number of nitrogens with one attached hydrogen (secondary N) is 1. The van der Waals surface area contributed by atoms with E-state index in [1.807, 2.05) is 30.3 Å². The van der Waals surface area contributed by atoms with Gasteiger partial charge in [0.05, 0.1) is 31.1 Å². The van der Waals surface area contributed by atoms with Gasteiger partial charge in [-0.15, -0.1) is 13.2 Å². The van der Waals surface area contributed by atoms with Crippen LogP contribution in [0, 0.1) is 11.8 Å². The third-order valence-corrected chi connectivity index (χ3v) is 9.61. The lowest BCUT2D eigenvalue weighted by atomic mass is 9.70. The minimum Gasteiger partial charge on any atom is -0.497 e. The zero-order chi connectivity index (χ0) is 34.4. The molecule has 5 rings (SSSR count). The Kier molecular flexibility index (Phi) is 11.0. The van der Waals surface area contributed by atoms with Crippen LogP contribution >= 0.6 is 0 Å². The summed E-state index contributed by atoms with van der Waals surface area (Å²) in [6.45, 7) is 9.40. The molecule has 2 aromatic rings. The maximum Gasteiger partial charge on any atom is 0.313 e. The minimum atomic E-state index is -1.25. The Morgan fingerprint density at radius 1 is 1.15 bits per heavy atom. The highest BCUT2D eigenvalue weighted by molar-refractivity contribution is 6.04. The van der Waals surface area contributed by atoms with Crippen molar-refractivity contribution in [2.45, 2.75) is 68.9 Å². The fourth-order valence-corrected chi connectivity index (χ4v) is 7.48. The van der Waals surface area contributed by atoms with Crippen molar-refractivity contribution in [1.29, 1.82) is 0 Å². The number of hydrogen-bond donors (Lipinski definition) is 2. The molecule has 11 heteroatoms. The van der Waals surface area contributed by atoms with Crippen molar-refractivity contribution in [2.75, 3.05) is 31.7 Å². The average Bonchev–Trinajstić information content (AvgIpc) is 3.74. The van der Waals surface area contributed by atoms with Gasteiger partial charge in [-0.1, -0.05) is 42.5 Å². The van der Waals surface area contributed by atoms with Gasteiger partial charge in [0.25, 0.3) is 5.91 Å². The number of nitrogens with zero attached hydrogens (tertiary/aromatic N) is 2. The van der Waals surface area contributed by atoms with Gasteiger partial charge in [0.2, 0.25) is 11.8 Å². The standard InChI is InChI=1S/C37H45N3O8/c1-5-7-14-29(42)38-24(3)32(25-12-9-8-10-13-25)47-36(45)30-28-19-20-37(48-28)31(30)34(43)40(22-11-23-41)33(37)35(44)39(21-6-2)26-15-17-27(46-4)18-16-26/h5-6,8-10,12-13,15-18,24,28,30-33,41H,1-2,7,11,14,19-23H2,3-4H3,(H,38,42)/t24-,28+,30-,31-,32-,33+,37-/m1/s1. The lowest BCUT2D eigenvalue weighted by molar-refractivity contribution is -0.162. The number of methoxy groups -OCH3 is 1. The van der Waals surface area contributed by atoms with Crippen LogP contribution in [0.1, 0.15) is 50.7 Å². The number of carbonyl (C=O) groups excluding carboxylic acids is 4. The van der Waals surface area contributed by atoms with Gasteiger partial charge in [-0.05, 0) is 62.4 Å². The van der Waals surface area contributed by atoms with E-state index in [9.17, 15) is 24.3 Å². The van der Waals surface area contributed by atoms with Gasteiger partial charge in [0.15, 0.2) is 0 Å². The molecule has 0 saturated carbocycles. The van der Waals surface area contributed by atoms with E-state index in [1.165, 1.54) is 4.90 Å². The number of rotatable bonds is 16. The first kappa shape index (κ1) is 34.8. The summed E-state index contributed by atoms with van der Waals surface area (Å²) in [4.78, 5) is 58.8. The van der Waals surface area contributed by atoms with Crippen LogP contribution in [0.5, 0.6) is 5.75 Å². The summed E-state index contributed by atoms with van der Waals surface area (Å²) >= 11 is 0. The molecule has 2 aromatic carbocycles. The van der Waals surface area contributed by atoms with E-state index < -0.39 is 47.7 Å². The molecule has 7 atom stereocenters. The third kappa shape index (κ3) is 6.61. The van der Waals surface area contributed by atoms with Crippen molar-refractivity contribution in [3.8, 4) is 5.75 Å². The van der Waals surface area contributed by atoms with E-state index in [1.54, 1.807) is 55.4 Å². The number of ether oxygens (including phenoxy) is 3. The number of aliphatic hydroxyl groups excluding tert-OH is 1. The number of likely N-dealkylation sites (tertiary alicyclic amines) is 1. The summed E-state index contributed by atoms with van der Waals surface area (Å²) in [6, 6.07) is 14.6. The second kappa shape index (κ2) is 15.2. The molecule has 3 amide bonds. The van der Waals surface area contributed by atoms with Crippen LogP contribution in [-0.2, 0) is 28.7 Å². The zero-order valence-corrected chi connectivity index (χ0v) is 27.6. The SMILES string of the molecule is C=CCCC(=O)N[C@H](C)[C@@H](OC(=O)[C@@H]1[C@@H]2CC[C@]3(O2)[C@H](C(=O)N(CC=C)c2ccc(OC)cc2)N(CCCO)C(=O)[C@@H]13)c1ccccc1. The van der Waals surface area contributed by atoms with Crippen LogP contribution in [-0.4, -0.2) is 84.3 Å². The van der Waals surface area contributed by atoms with Crippen molar-refractivity contribution < 1.29 is 38.5 Å².